The molecule has 18 heavy (non-hydrogen) atoms. The van der Waals surface area contributed by atoms with E-state index in [4.69, 9.17) is 10.5 Å². The summed E-state index contributed by atoms with van der Waals surface area (Å²) in [6, 6.07) is 6.95. The van der Waals surface area contributed by atoms with E-state index in [2.05, 4.69) is 10.3 Å². The first-order chi connectivity index (χ1) is 8.79. The zero-order valence-electron chi connectivity index (χ0n) is 9.63. The Balaban J connectivity index is 2.05. The Bertz CT molecular complexity index is 514. The predicted molar refractivity (Wildman–Crippen MR) is 71.1 cm³/mol. The molecule has 0 unspecified atom stereocenters. The molecule has 0 fully saturated rings. The van der Waals surface area contributed by atoms with E-state index in [1.807, 2.05) is 0 Å². The van der Waals surface area contributed by atoms with Gasteiger partial charge in [0.2, 0.25) is 0 Å². The van der Waals surface area contributed by atoms with Crippen LogP contribution in [0.25, 0.3) is 0 Å². The molecule has 0 bridgehead atoms. The average Bonchev–Trinajstić information content (AvgIpc) is 2.89. The second-order valence-electron chi connectivity index (χ2n) is 3.46. The molecular weight excluding hydrogens is 250 g/mol. The molecule has 0 spiro atoms. The first kappa shape index (κ1) is 12.5. The van der Waals surface area contributed by atoms with Gasteiger partial charge in [-0.25, -0.2) is 4.98 Å². The second kappa shape index (κ2) is 6.13. The van der Waals surface area contributed by atoms with Crippen LogP contribution in [-0.2, 0) is 0 Å². The molecule has 5 nitrogen and oxygen atoms in total. The number of anilines is 1. The maximum atomic E-state index is 11.9. The lowest BCUT2D eigenvalue weighted by Crippen LogP contribution is -2.13. The molecule has 0 atom stereocenters. The fourth-order valence-electron chi connectivity index (χ4n) is 1.36. The number of aromatic nitrogens is 1. The van der Waals surface area contributed by atoms with Gasteiger partial charge in [0.15, 0.2) is 5.13 Å². The number of ether oxygens (including phenoxy) is 1. The SMILES string of the molecule is NCCOc1cccc(C(=O)Nc2nccs2)c1. The van der Waals surface area contributed by atoms with Crippen LogP contribution < -0.4 is 15.8 Å². The second-order valence-corrected chi connectivity index (χ2v) is 4.35. The molecule has 1 aromatic carbocycles. The molecule has 6 heteroatoms. The fraction of sp³-hybridized carbons (Fsp3) is 0.167. The van der Waals surface area contributed by atoms with Crippen molar-refractivity contribution < 1.29 is 9.53 Å². The van der Waals surface area contributed by atoms with E-state index < -0.39 is 0 Å². The number of carbonyl (C=O) groups excluding carboxylic acids is 1. The number of carbonyl (C=O) groups is 1. The molecule has 1 amide bonds. The Morgan fingerprint density at radius 1 is 1.50 bits per heavy atom. The van der Waals surface area contributed by atoms with Gasteiger partial charge < -0.3 is 10.5 Å². The zero-order valence-corrected chi connectivity index (χ0v) is 10.4. The van der Waals surface area contributed by atoms with E-state index in [1.165, 1.54) is 11.3 Å². The van der Waals surface area contributed by atoms with Gasteiger partial charge >= 0.3 is 0 Å². The van der Waals surface area contributed by atoms with Crippen LogP contribution >= 0.6 is 11.3 Å². The van der Waals surface area contributed by atoms with Gasteiger partial charge in [-0.2, -0.15) is 0 Å². The number of hydrogen-bond acceptors (Lipinski definition) is 5. The molecule has 0 saturated heterocycles. The van der Waals surface area contributed by atoms with E-state index >= 15 is 0 Å². The van der Waals surface area contributed by atoms with Gasteiger partial charge in [-0.3, -0.25) is 10.1 Å². The van der Waals surface area contributed by atoms with Crippen molar-refractivity contribution in [3.8, 4) is 5.75 Å². The summed E-state index contributed by atoms with van der Waals surface area (Å²) in [5.41, 5.74) is 5.88. The number of hydrogen-bond donors (Lipinski definition) is 2. The van der Waals surface area contributed by atoms with Crippen LogP contribution in [-0.4, -0.2) is 24.0 Å². The standard InChI is InChI=1S/C12H13N3O2S/c13-4-6-17-10-3-1-2-9(8-10)11(16)15-12-14-5-7-18-12/h1-3,5,7-8H,4,6,13H2,(H,14,15,16). The highest BCUT2D eigenvalue weighted by Gasteiger charge is 2.08. The van der Waals surface area contributed by atoms with Gasteiger partial charge in [0.1, 0.15) is 12.4 Å². The van der Waals surface area contributed by atoms with Crippen molar-refractivity contribution in [3.05, 3.63) is 41.4 Å². The lowest BCUT2D eigenvalue weighted by atomic mass is 10.2. The van der Waals surface area contributed by atoms with Crippen molar-refractivity contribution in [1.29, 1.82) is 0 Å². The predicted octanol–water partition coefficient (Wildman–Crippen LogP) is 1.73. The van der Waals surface area contributed by atoms with Crippen LogP contribution in [0.15, 0.2) is 35.8 Å². The Morgan fingerprint density at radius 2 is 2.39 bits per heavy atom. The molecule has 0 radical (unpaired) electrons. The van der Waals surface area contributed by atoms with Gasteiger partial charge in [0, 0.05) is 23.7 Å². The molecule has 1 heterocycles. The van der Waals surface area contributed by atoms with Crippen LogP contribution in [0.5, 0.6) is 5.75 Å². The summed E-state index contributed by atoms with van der Waals surface area (Å²) in [7, 11) is 0. The Labute approximate surface area is 109 Å². The van der Waals surface area contributed by atoms with E-state index in [1.54, 1.807) is 35.8 Å². The van der Waals surface area contributed by atoms with Crippen molar-refractivity contribution >= 4 is 22.4 Å². The number of benzene rings is 1. The summed E-state index contributed by atoms with van der Waals surface area (Å²) >= 11 is 1.37. The van der Waals surface area contributed by atoms with Crippen LogP contribution in [0.4, 0.5) is 5.13 Å². The Kier molecular flexibility index (Phi) is 4.27. The number of amides is 1. The van der Waals surface area contributed by atoms with E-state index in [0.29, 0.717) is 29.6 Å². The fourth-order valence-corrected chi connectivity index (χ4v) is 1.88. The van der Waals surface area contributed by atoms with Crippen molar-refractivity contribution in [2.75, 3.05) is 18.5 Å². The lowest BCUT2D eigenvalue weighted by molar-refractivity contribution is 0.102. The van der Waals surface area contributed by atoms with Gasteiger partial charge in [-0.1, -0.05) is 6.07 Å². The third-order valence-electron chi connectivity index (χ3n) is 2.14. The van der Waals surface area contributed by atoms with Crippen LogP contribution in [0.1, 0.15) is 10.4 Å². The Hall–Kier alpha value is -1.92. The van der Waals surface area contributed by atoms with Crippen LogP contribution in [0.2, 0.25) is 0 Å². The summed E-state index contributed by atoms with van der Waals surface area (Å²) in [4.78, 5) is 15.9. The zero-order chi connectivity index (χ0) is 12.8. The molecule has 0 saturated carbocycles. The monoisotopic (exact) mass is 263 g/mol. The van der Waals surface area contributed by atoms with E-state index in [-0.39, 0.29) is 5.91 Å². The van der Waals surface area contributed by atoms with Crippen molar-refractivity contribution in [3.63, 3.8) is 0 Å². The van der Waals surface area contributed by atoms with Crippen LogP contribution in [0, 0.1) is 0 Å². The van der Waals surface area contributed by atoms with E-state index in [9.17, 15) is 4.79 Å². The minimum atomic E-state index is -0.205. The number of nitrogens with two attached hydrogens (primary N) is 1. The highest BCUT2D eigenvalue weighted by Crippen LogP contribution is 2.16. The average molecular weight is 263 g/mol. The summed E-state index contributed by atoms with van der Waals surface area (Å²) in [5, 5.41) is 5.09. The third-order valence-corrected chi connectivity index (χ3v) is 2.82. The van der Waals surface area contributed by atoms with Gasteiger partial charge in [0.25, 0.3) is 5.91 Å². The maximum absolute atomic E-state index is 11.9. The van der Waals surface area contributed by atoms with Gasteiger partial charge in [-0.15, -0.1) is 11.3 Å². The quantitative estimate of drug-likeness (QED) is 0.861. The lowest BCUT2D eigenvalue weighted by Gasteiger charge is -2.06. The number of nitrogens with zero attached hydrogens (tertiary/aromatic N) is 1. The molecule has 0 aliphatic rings. The summed E-state index contributed by atoms with van der Waals surface area (Å²) in [5.74, 6) is 0.426. The Morgan fingerprint density at radius 3 is 3.11 bits per heavy atom. The van der Waals surface area contributed by atoms with Crippen molar-refractivity contribution in [2.24, 2.45) is 5.73 Å². The van der Waals surface area contributed by atoms with Gasteiger partial charge in [-0.05, 0) is 18.2 Å². The number of nitrogens with one attached hydrogen (secondary N) is 1. The molecule has 0 aliphatic heterocycles. The maximum Gasteiger partial charge on any atom is 0.257 e. The first-order valence-corrected chi connectivity index (χ1v) is 6.31. The summed E-state index contributed by atoms with van der Waals surface area (Å²) in [6.07, 6.45) is 1.64. The number of thiazole rings is 1. The smallest absolute Gasteiger partial charge is 0.257 e. The summed E-state index contributed by atoms with van der Waals surface area (Å²) < 4.78 is 5.36. The van der Waals surface area contributed by atoms with Crippen molar-refractivity contribution in [1.82, 2.24) is 4.98 Å². The first-order valence-electron chi connectivity index (χ1n) is 5.43. The topological polar surface area (TPSA) is 77.2 Å². The summed E-state index contributed by atoms with van der Waals surface area (Å²) in [6.45, 7) is 0.868. The van der Waals surface area contributed by atoms with E-state index in [0.717, 1.165) is 0 Å². The minimum absolute atomic E-state index is 0.205. The van der Waals surface area contributed by atoms with Crippen molar-refractivity contribution in [2.45, 2.75) is 0 Å². The third kappa shape index (κ3) is 3.28. The van der Waals surface area contributed by atoms with Crippen LogP contribution in [0.3, 0.4) is 0 Å². The minimum Gasteiger partial charge on any atom is -0.492 e. The molecule has 1 aromatic heterocycles. The molecule has 0 aliphatic carbocycles. The highest BCUT2D eigenvalue weighted by atomic mass is 32.1. The number of rotatable bonds is 5. The molecule has 3 N–H and O–H groups in total. The largest absolute Gasteiger partial charge is 0.492 e. The molecule has 2 aromatic rings. The molecule has 2 rings (SSSR count). The normalized spacial score (nSPS) is 10.1. The highest BCUT2D eigenvalue weighted by molar-refractivity contribution is 7.13. The van der Waals surface area contributed by atoms with Gasteiger partial charge in [0.05, 0.1) is 0 Å². The molecule has 94 valence electrons. The molecular formula is C12H13N3O2S.